The minimum Gasteiger partial charge on any atom is -0.310 e. The lowest BCUT2D eigenvalue weighted by atomic mass is 9.79. The third-order valence-electron chi connectivity index (χ3n) is 8.55. The molecule has 1 fully saturated rings. The quantitative estimate of drug-likeness (QED) is 0.661. The second-order valence-corrected chi connectivity index (χ2v) is 11.2. The predicted molar refractivity (Wildman–Crippen MR) is 142 cm³/mol. The van der Waals surface area contributed by atoms with Crippen molar-refractivity contribution in [2.75, 3.05) is 11.9 Å². The molecule has 36 heavy (non-hydrogen) atoms. The number of fused-ring (bicyclic) bond motifs is 3. The monoisotopic (exact) mass is 482 g/mol. The Hall–Kier alpha value is -3.28. The SMILES string of the molecule is CC(C)C1=NC2(CCCCCC2)N(C/C=C/c2ccc3c(c2)CC2(C3)C(=O)Nc3ncccc32)C1=O. The summed E-state index contributed by atoms with van der Waals surface area (Å²) in [6.07, 6.45) is 14.0. The van der Waals surface area contributed by atoms with Crippen LogP contribution in [0, 0.1) is 5.92 Å². The van der Waals surface area contributed by atoms with Crippen molar-refractivity contribution in [3.63, 3.8) is 0 Å². The highest BCUT2D eigenvalue weighted by Gasteiger charge is 2.51. The van der Waals surface area contributed by atoms with Crippen LogP contribution in [0.2, 0.25) is 0 Å². The van der Waals surface area contributed by atoms with Gasteiger partial charge in [-0.3, -0.25) is 14.6 Å². The summed E-state index contributed by atoms with van der Waals surface area (Å²) in [6, 6.07) is 10.4. The fourth-order valence-electron chi connectivity index (χ4n) is 6.65. The number of pyridine rings is 1. The Morgan fingerprint density at radius 2 is 1.83 bits per heavy atom. The molecule has 1 unspecified atom stereocenters. The van der Waals surface area contributed by atoms with E-state index in [1.807, 2.05) is 17.0 Å². The molecule has 1 aromatic carbocycles. The Morgan fingerprint density at radius 1 is 1.06 bits per heavy atom. The Balaban J connectivity index is 1.21. The Bertz CT molecular complexity index is 1290. The van der Waals surface area contributed by atoms with E-state index in [0.717, 1.165) is 42.5 Å². The highest BCUT2D eigenvalue weighted by molar-refractivity contribution is 6.41. The van der Waals surface area contributed by atoms with Crippen molar-refractivity contribution in [1.29, 1.82) is 0 Å². The van der Waals surface area contributed by atoms with Crippen molar-refractivity contribution < 1.29 is 9.59 Å². The smallest absolute Gasteiger partial charge is 0.270 e. The Morgan fingerprint density at radius 3 is 2.61 bits per heavy atom. The van der Waals surface area contributed by atoms with Crippen molar-refractivity contribution in [2.24, 2.45) is 10.9 Å². The van der Waals surface area contributed by atoms with E-state index in [1.54, 1.807) is 6.20 Å². The van der Waals surface area contributed by atoms with Gasteiger partial charge in [-0.2, -0.15) is 0 Å². The molecule has 1 atom stereocenters. The summed E-state index contributed by atoms with van der Waals surface area (Å²) in [7, 11) is 0. The van der Waals surface area contributed by atoms with E-state index >= 15 is 0 Å². The lowest BCUT2D eigenvalue weighted by Crippen LogP contribution is -2.46. The third kappa shape index (κ3) is 3.61. The van der Waals surface area contributed by atoms with Gasteiger partial charge in [-0.25, -0.2) is 4.98 Å². The number of anilines is 1. The largest absolute Gasteiger partial charge is 0.310 e. The summed E-state index contributed by atoms with van der Waals surface area (Å²) in [4.78, 5) is 37.8. The van der Waals surface area contributed by atoms with Gasteiger partial charge in [-0.05, 0) is 61.3 Å². The molecule has 6 heteroatoms. The number of hydrogen-bond donors (Lipinski definition) is 1. The van der Waals surface area contributed by atoms with Crippen LogP contribution in [0.4, 0.5) is 5.82 Å². The third-order valence-corrected chi connectivity index (χ3v) is 8.55. The normalized spacial score (nSPS) is 24.5. The van der Waals surface area contributed by atoms with E-state index in [-0.39, 0.29) is 23.4 Å². The number of hydrogen-bond acceptors (Lipinski definition) is 4. The van der Waals surface area contributed by atoms with Gasteiger partial charge in [0.15, 0.2) is 0 Å². The van der Waals surface area contributed by atoms with Crippen molar-refractivity contribution >= 4 is 29.4 Å². The molecule has 1 N–H and O–H groups in total. The minimum absolute atomic E-state index is 0.0479. The first-order chi connectivity index (χ1) is 17.4. The van der Waals surface area contributed by atoms with E-state index < -0.39 is 5.41 Å². The molecular formula is C30H34N4O2. The average molecular weight is 483 g/mol. The van der Waals surface area contributed by atoms with Crippen LogP contribution < -0.4 is 5.32 Å². The van der Waals surface area contributed by atoms with Crippen LogP contribution in [0.1, 0.15) is 74.6 Å². The fraction of sp³-hybridized carbons (Fsp3) is 0.467. The zero-order chi connectivity index (χ0) is 24.9. The van der Waals surface area contributed by atoms with Gasteiger partial charge >= 0.3 is 0 Å². The van der Waals surface area contributed by atoms with Crippen LogP contribution in [0.5, 0.6) is 0 Å². The lowest BCUT2D eigenvalue weighted by molar-refractivity contribution is -0.127. The molecule has 6 rings (SSSR count). The summed E-state index contributed by atoms with van der Waals surface area (Å²) in [5.74, 6) is 0.989. The Kier molecular flexibility index (Phi) is 5.58. The number of aromatic nitrogens is 1. The van der Waals surface area contributed by atoms with E-state index in [0.29, 0.717) is 25.2 Å². The van der Waals surface area contributed by atoms with Gasteiger partial charge in [0, 0.05) is 24.2 Å². The van der Waals surface area contributed by atoms with Crippen LogP contribution in [-0.2, 0) is 27.8 Å². The number of carbonyl (C=O) groups is 2. The van der Waals surface area contributed by atoms with Crippen molar-refractivity contribution in [3.8, 4) is 0 Å². The van der Waals surface area contributed by atoms with Gasteiger partial charge in [-0.15, -0.1) is 0 Å². The number of nitrogens with zero attached hydrogens (tertiary/aromatic N) is 3. The summed E-state index contributed by atoms with van der Waals surface area (Å²) < 4.78 is 0. The molecule has 2 aliphatic heterocycles. The fourth-order valence-corrected chi connectivity index (χ4v) is 6.65. The first kappa shape index (κ1) is 23.1. The van der Waals surface area contributed by atoms with Gasteiger partial charge in [0.25, 0.3) is 5.91 Å². The van der Waals surface area contributed by atoms with Gasteiger partial charge in [0.05, 0.1) is 5.41 Å². The Labute approximate surface area is 212 Å². The topological polar surface area (TPSA) is 74.7 Å². The molecule has 4 aliphatic rings. The molecule has 1 saturated carbocycles. The number of nitrogens with one attached hydrogen (secondary N) is 1. The number of benzene rings is 1. The zero-order valence-corrected chi connectivity index (χ0v) is 21.2. The van der Waals surface area contributed by atoms with Gasteiger partial charge in [0.2, 0.25) is 5.91 Å². The van der Waals surface area contributed by atoms with Crippen LogP contribution in [0.15, 0.2) is 47.6 Å². The van der Waals surface area contributed by atoms with Gasteiger partial charge in [-0.1, -0.05) is 63.1 Å². The highest BCUT2D eigenvalue weighted by Crippen LogP contribution is 2.46. The zero-order valence-electron chi connectivity index (χ0n) is 21.2. The molecule has 1 aromatic heterocycles. The summed E-state index contributed by atoms with van der Waals surface area (Å²) in [5, 5.41) is 2.98. The highest BCUT2D eigenvalue weighted by atomic mass is 16.2. The molecule has 0 bridgehead atoms. The molecule has 2 aromatic rings. The number of carbonyl (C=O) groups excluding carboxylic acids is 2. The molecule has 6 nitrogen and oxygen atoms in total. The molecule has 0 saturated heterocycles. The number of amides is 2. The van der Waals surface area contributed by atoms with Crippen molar-refractivity contribution in [3.05, 3.63) is 64.9 Å². The molecule has 2 aliphatic carbocycles. The molecule has 2 amide bonds. The van der Waals surface area contributed by atoms with E-state index in [1.165, 1.54) is 24.0 Å². The molecule has 2 spiro atoms. The van der Waals surface area contributed by atoms with E-state index in [9.17, 15) is 9.59 Å². The van der Waals surface area contributed by atoms with Crippen LogP contribution in [0.25, 0.3) is 6.08 Å². The minimum atomic E-state index is -0.549. The number of rotatable bonds is 4. The second kappa shape index (κ2) is 8.68. The summed E-state index contributed by atoms with van der Waals surface area (Å²) in [6.45, 7) is 4.70. The number of aliphatic imine (C=N–C) groups is 1. The lowest BCUT2D eigenvalue weighted by Gasteiger charge is -2.35. The summed E-state index contributed by atoms with van der Waals surface area (Å²) in [5.41, 5.74) is 4.37. The van der Waals surface area contributed by atoms with Gasteiger partial charge in [0.1, 0.15) is 17.2 Å². The standard InChI is InChI=1S/C30H34N4O2/c1-20(2)25-27(35)34(30(33-25)13-5-3-4-6-14-30)16-8-9-21-11-12-22-18-29(19-23(22)17-21)24-10-7-15-31-26(24)32-28(29)36/h7-12,15,17,20H,3-6,13-14,16,18-19H2,1-2H3,(H,31,32,36)/b9-8+. The molecule has 186 valence electrons. The van der Waals surface area contributed by atoms with Crippen molar-refractivity contribution in [1.82, 2.24) is 9.88 Å². The van der Waals surface area contributed by atoms with Crippen molar-refractivity contribution in [2.45, 2.75) is 76.3 Å². The van der Waals surface area contributed by atoms with Crippen LogP contribution in [0.3, 0.4) is 0 Å². The maximum atomic E-state index is 13.3. The predicted octanol–water partition coefficient (Wildman–Crippen LogP) is 5.07. The van der Waals surface area contributed by atoms with Crippen LogP contribution in [-0.4, -0.2) is 39.6 Å². The molecular weight excluding hydrogens is 448 g/mol. The van der Waals surface area contributed by atoms with E-state index in [2.05, 4.69) is 54.5 Å². The molecule has 0 radical (unpaired) electrons. The van der Waals surface area contributed by atoms with E-state index in [4.69, 9.17) is 4.99 Å². The van der Waals surface area contributed by atoms with Gasteiger partial charge < -0.3 is 10.2 Å². The first-order valence-corrected chi connectivity index (χ1v) is 13.4. The second-order valence-electron chi connectivity index (χ2n) is 11.2. The van der Waals surface area contributed by atoms with Crippen LogP contribution >= 0.6 is 0 Å². The maximum absolute atomic E-state index is 13.3. The average Bonchev–Trinajstić information content (AvgIpc) is 3.38. The summed E-state index contributed by atoms with van der Waals surface area (Å²) >= 11 is 0. The first-order valence-electron chi connectivity index (χ1n) is 13.4. The maximum Gasteiger partial charge on any atom is 0.270 e. The molecule has 3 heterocycles.